The number of ether oxygens (including phenoxy) is 2. The zero-order valence-corrected chi connectivity index (χ0v) is 17.3. The first kappa shape index (κ1) is 21.0. The smallest absolute Gasteiger partial charge is 0.191 e. The first-order valence-corrected chi connectivity index (χ1v) is 9.64. The maximum Gasteiger partial charge on any atom is 0.191 e. The number of methoxy groups -OCH3 is 2. The van der Waals surface area contributed by atoms with Gasteiger partial charge in [0.25, 0.3) is 0 Å². The summed E-state index contributed by atoms with van der Waals surface area (Å²) in [5, 5.41) is 18.0. The minimum absolute atomic E-state index is 0.308. The third-order valence-electron chi connectivity index (χ3n) is 3.95. The van der Waals surface area contributed by atoms with Crippen molar-refractivity contribution in [2.24, 2.45) is 4.99 Å². The Bertz CT molecular complexity index is 754. The summed E-state index contributed by atoms with van der Waals surface area (Å²) in [7, 11) is 3.17. The Balaban J connectivity index is 2.04. The molecule has 0 fully saturated rings. The van der Waals surface area contributed by atoms with Crippen molar-refractivity contribution in [3.05, 3.63) is 39.3 Å². The molecule has 0 aliphatic rings. The van der Waals surface area contributed by atoms with Crippen LogP contribution in [0.2, 0.25) is 0 Å². The third-order valence-corrected chi connectivity index (χ3v) is 5.00. The van der Waals surface area contributed by atoms with Crippen molar-refractivity contribution < 1.29 is 14.6 Å². The van der Waals surface area contributed by atoms with Crippen molar-refractivity contribution in [2.45, 2.75) is 33.4 Å². The molecule has 0 spiro atoms. The maximum atomic E-state index is 10.5. The number of aliphatic hydroxyl groups excluding tert-OH is 1. The SMILES string of the molecule is CCNC(=NCc1sc(C)nc1C)NCC(O)c1cc(OC)cc(OC)c1. The molecule has 27 heavy (non-hydrogen) atoms. The number of nitrogens with zero attached hydrogens (tertiary/aromatic N) is 2. The second-order valence-electron chi connectivity index (χ2n) is 5.98. The Morgan fingerprint density at radius 1 is 1.19 bits per heavy atom. The number of aliphatic imine (C=N–C) groups is 1. The molecule has 0 amide bonds. The van der Waals surface area contributed by atoms with Crippen LogP contribution in [0.3, 0.4) is 0 Å². The number of aliphatic hydroxyl groups is 1. The van der Waals surface area contributed by atoms with Gasteiger partial charge < -0.3 is 25.2 Å². The van der Waals surface area contributed by atoms with E-state index in [1.54, 1.807) is 43.8 Å². The van der Waals surface area contributed by atoms with Gasteiger partial charge in [0.1, 0.15) is 11.5 Å². The first-order chi connectivity index (χ1) is 13.0. The second kappa shape index (κ2) is 10.1. The molecular formula is C19H28N4O3S. The van der Waals surface area contributed by atoms with Gasteiger partial charge in [-0.1, -0.05) is 0 Å². The van der Waals surface area contributed by atoms with E-state index in [9.17, 15) is 5.11 Å². The van der Waals surface area contributed by atoms with Crippen LogP contribution in [0, 0.1) is 13.8 Å². The topological polar surface area (TPSA) is 88.0 Å². The lowest BCUT2D eigenvalue weighted by Crippen LogP contribution is -2.39. The average molecular weight is 393 g/mol. The number of rotatable bonds is 8. The quantitative estimate of drug-likeness (QED) is 0.473. The average Bonchev–Trinajstić information content (AvgIpc) is 3.00. The van der Waals surface area contributed by atoms with Crippen molar-refractivity contribution in [1.82, 2.24) is 15.6 Å². The maximum absolute atomic E-state index is 10.5. The van der Waals surface area contributed by atoms with E-state index in [1.165, 1.54) is 0 Å². The van der Waals surface area contributed by atoms with Crippen molar-refractivity contribution in [3.8, 4) is 11.5 Å². The number of benzene rings is 1. The van der Waals surface area contributed by atoms with Crippen LogP contribution in [0.5, 0.6) is 11.5 Å². The van der Waals surface area contributed by atoms with Crippen molar-refractivity contribution in [2.75, 3.05) is 27.3 Å². The second-order valence-corrected chi connectivity index (χ2v) is 7.27. The molecule has 8 heteroatoms. The van der Waals surface area contributed by atoms with Gasteiger partial charge in [0, 0.05) is 24.0 Å². The molecule has 1 aromatic carbocycles. The van der Waals surface area contributed by atoms with Crippen molar-refractivity contribution in [1.29, 1.82) is 0 Å². The molecule has 0 aliphatic heterocycles. The molecule has 7 nitrogen and oxygen atoms in total. The fourth-order valence-corrected chi connectivity index (χ4v) is 3.41. The lowest BCUT2D eigenvalue weighted by Gasteiger charge is -2.17. The fourth-order valence-electron chi connectivity index (χ4n) is 2.55. The summed E-state index contributed by atoms with van der Waals surface area (Å²) in [5.41, 5.74) is 1.73. The highest BCUT2D eigenvalue weighted by atomic mass is 32.1. The fraction of sp³-hybridized carbons (Fsp3) is 0.474. The molecule has 3 N–H and O–H groups in total. The third kappa shape index (κ3) is 6.11. The number of nitrogens with one attached hydrogen (secondary N) is 2. The van der Waals surface area contributed by atoms with E-state index in [0.717, 1.165) is 22.1 Å². The number of thiazole rings is 1. The van der Waals surface area contributed by atoms with Gasteiger partial charge in [0.05, 0.1) is 37.6 Å². The van der Waals surface area contributed by atoms with Gasteiger partial charge in [0.15, 0.2) is 5.96 Å². The van der Waals surface area contributed by atoms with Crippen LogP contribution in [0.25, 0.3) is 0 Å². The van der Waals surface area contributed by atoms with Crippen LogP contribution in [0.4, 0.5) is 0 Å². The Morgan fingerprint density at radius 3 is 2.37 bits per heavy atom. The molecule has 0 radical (unpaired) electrons. The first-order valence-electron chi connectivity index (χ1n) is 8.82. The highest BCUT2D eigenvalue weighted by Crippen LogP contribution is 2.26. The minimum Gasteiger partial charge on any atom is -0.497 e. The molecule has 0 bridgehead atoms. The Hall–Kier alpha value is -2.32. The Labute approximate surface area is 164 Å². The monoisotopic (exact) mass is 392 g/mol. The summed E-state index contributed by atoms with van der Waals surface area (Å²) in [6.07, 6.45) is -0.731. The minimum atomic E-state index is -0.731. The molecule has 2 aromatic rings. The van der Waals surface area contributed by atoms with Gasteiger partial charge in [0.2, 0.25) is 0 Å². The highest BCUT2D eigenvalue weighted by molar-refractivity contribution is 7.11. The van der Waals surface area contributed by atoms with E-state index in [0.29, 0.717) is 36.1 Å². The summed E-state index contributed by atoms with van der Waals surface area (Å²) in [6.45, 7) is 7.58. The molecule has 1 unspecified atom stereocenters. The molecule has 1 heterocycles. The van der Waals surface area contributed by atoms with E-state index in [4.69, 9.17) is 9.47 Å². The number of hydrogen-bond donors (Lipinski definition) is 3. The van der Waals surface area contributed by atoms with E-state index in [2.05, 4.69) is 20.6 Å². The van der Waals surface area contributed by atoms with E-state index < -0.39 is 6.10 Å². The lowest BCUT2D eigenvalue weighted by molar-refractivity contribution is 0.180. The summed E-state index contributed by atoms with van der Waals surface area (Å²) in [6, 6.07) is 5.36. The zero-order chi connectivity index (χ0) is 19.8. The van der Waals surface area contributed by atoms with E-state index >= 15 is 0 Å². The van der Waals surface area contributed by atoms with Crippen LogP contribution in [-0.4, -0.2) is 43.4 Å². The summed E-state index contributed by atoms with van der Waals surface area (Å²) < 4.78 is 10.5. The number of hydrogen-bond acceptors (Lipinski definition) is 6. The summed E-state index contributed by atoms with van der Waals surface area (Å²) in [4.78, 5) is 10.2. The van der Waals surface area contributed by atoms with Crippen LogP contribution in [-0.2, 0) is 6.54 Å². The Morgan fingerprint density at radius 2 is 1.85 bits per heavy atom. The molecule has 1 atom stereocenters. The molecule has 148 valence electrons. The van der Waals surface area contributed by atoms with Gasteiger partial charge in [-0.15, -0.1) is 11.3 Å². The molecule has 0 saturated heterocycles. The van der Waals surface area contributed by atoms with Gasteiger partial charge in [-0.05, 0) is 38.5 Å². The van der Waals surface area contributed by atoms with Crippen LogP contribution in [0.15, 0.2) is 23.2 Å². The number of aromatic nitrogens is 1. The molecule has 0 aliphatic carbocycles. The van der Waals surface area contributed by atoms with Crippen LogP contribution in [0.1, 0.15) is 34.2 Å². The van der Waals surface area contributed by atoms with Crippen molar-refractivity contribution >= 4 is 17.3 Å². The Kier molecular flexibility index (Phi) is 7.87. The molecule has 0 saturated carbocycles. The molecular weight excluding hydrogens is 364 g/mol. The van der Waals surface area contributed by atoms with Gasteiger partial charge in [-0.2, -0.15) is 0 Å². The standard InChI is InChI=1S/C19H28N4O3S/c1-6-20-19(22-11-18-12(2)23-13(3)27-18)21-10-17(24)14-7-15(25-4)9-16(8-14)26-5/h7-9,17,24H,6,10-11H2,1-5H3,(H2,20,21,22). The largest absolute Gasteiger partial charge is 0.497 e. The van der Waals surface area contributed by atoms with Gasteiger partial charge >= 0.3 is 0 Å². The molecule has 2 rings (SSSR count). The lowest BCUT2D eigenvalue weighted by atomic mass is 10.1. The van der Waals surface area contributed by atoms with Crippen molar-refractivity contribution in [3.63, 3.8) is 0 Å². The van der Waals surface area contributed by atoms with Gasteiger partial charge in [-0.25, -0.2) is 9.98 Å². The normalized spacial score (nSPS) is 12.6. The van der Waals surface area contributed by atoms with Gasteiger partial charge in [-0.3, -0.25) is 0 Å². The van der Waals surface area contributed by atoms with E-state index in [-0.39, 0.29) is 0 Å². The molecule has 1 aromatic heterocycles. The van der Waals surface area contributed by atoms with Crippen LogP contribution < -0.4 is 20.1 Å². The summed E-state index contributed by atoms with van der Waals surface area (Å²) in [5.74, 6) is 1.93. The number of guanidine groups is 1. The predicted octanol–water partition coefficient (Wildman–Crippen LogP) is 2.57. The summed E-state index contributed by atoms with van der Waals surface area (Å²) >= 11 is 1.65. The predicted molar refractivity (Wildman–Crippen MR) is 109 cm³/mol. The highest BCUT2D eigenvalue weighted by Gasteiger charge is 2.12. The zero-order valence-electron chi connectivity index (χ0n) is 16.5. The van der Waals surface area contributed by atoms with Crippen LogP contribution >= 0.6 is 11.3 Å². The van der Waals surface area contributed by atoms with E-state index in [1.807, 2.05) is 20.8 Å². The number of aryl methyl sites for hydroxylation is 2.